The average Bonchev–Trinajstić information content (AvgIpc) is 3.91. The van der Waals surface area contributed by atoms with Crippen LogP contribution in [0.5, 0.6) is 0 Å². The van der Waals surface area contributed by atoms with Gasteiger partial charge in [0.1, 0.15) is 0 Å². The van der Waals surface area contributed by atoms with Gasteiger partial charge in [-0.3, -0.25) is 0 Å². The first kappa shape index (κ1) is 43.2. The molecule has 0 spiro atoms. The van der Waals surface area contributed by atoms with Crippen LogP contribution >= 0.6 is 11.6 Å². The summed E-state index contributed by atoms with van der Waals surface area (Å²) in [5, 5.41) is 0.653. The van der Waals surface area contributed by atoms with E-state index >= 15 is 0 Å². The third-order valence-corrected chi connectivity index (χ3v) is 16.7. The molecule has 2 nitrogen and oxygen atoms in total. The molecule has 0 atom stereocenters. The maximum Gasteiger partial charge on any atom is 0.0497 e. The van der Waals surface area contributed by atoms with Crippen LogP contribution in [0.3, 0.4) is 0 Å². The number of allylic oxidation sites excluding steroid dienone is 4. The first-order valence-corrected chi connectivity index (χ1v) is 24.7. The highest BCUT2D eigenvalue weighted by molar-refractivity contribution is 6.31. The van der Waals surface area contributed by atoms with E-state index in [9.17, 15) is 0 Å². The zero-order valence-corrected chi connectivity index (χ0v) is 41.7. The van der Waals surface area contributed by atoms with E-state index in [-0.39, 0.29) is 21.7 Å². The average molecular weight is 914 g/mol. The Morgan fingerprint density at radius 2 is 0.652 bits per heavy atom. The summed E-state index contributed by atoms with van der Waals surface area (Å²) in [4.78, 5) is 4.84. The van der Waals surface area contributed by atoms with E-state index in [1.807, 2.05) is 12.2 Å². The summed E-state index contributed by atoms with van der Waals surface area (Å²) in [6, 6.07) is 61.2. The van der Waals surface area contributed by atoms with Gasteiger partial charge in [0.2, 0.25) is 0 Å². The van der Waals surface area contributed by atoms with Crippen LogP contribution in [0.1, 0.15) is 99.9 Å². The maximum absolute atomic E-state index is 7.52. The molecule has 0 aliphatic heterocycles. The van der Waals surface area contributed by atoms with E-state index in [1.165, 1.54) is 83.5 Å². The summed E-state index contributed by atoms with van der Waals surface area (Å²) in [7, 11) is 0. The zero-order valence-electron chi connectivity index (χ0n) is 40.9. The fraction of sp³-hybridized carbons (Fsp3) is 0.182. The van der Waals surface area contributed by atoms with Crippen molar-refractivity contribution in [3.63, 3.8) is 0 Å². The van der Waals surface area contributed by atoms with Crippen molar-refractivity contribution in [3.8, 4) is 33.4 Å². The molecule has 0 radical (unpaired) electrons. The second-order valence-electron chi connectivity index (χ2n) is 21.6. The second kappa shape index (κ2) is 14.9. The van der Waals surface area contributed by atoms with Crippen molar-refractivity contribution in [3.05, 3.63) is 244 Å². The molecule has 8 aromatic rings. The van der Waals surface area contributed by atoms with Crippen molar-refractivity contribution in [2.45, 2.75) is 77.0 Å². The highest BCUT2D eigenvalue weighted by Gasteiger charge is 2.40. The molecule has 0 saturated heterocycles. The summed E-state index contributed by atoms with van der Waals surface area (Å²) in [5.41, 5.74) is 26.0. The first-order valence-electron chi connectivity index (χ1n) is 24.3. The zero-order chi connectivity index (χ0) is 47.9. The summed E-state index contributed by atoms with van der Waals surface area (Å²) in [6.07, 6.45) is 3.99. The molecular formula is C66H57ClN2. The first-order chi connectivity index (χ1) is 33.0. The lowest BCUT2D eigenvalue weighted by Crippen LogP contribution is -2.19. The molecule has 4 aliphatic rings. The fourth-order valence-electron chi connectivity index (χ4n) is 12.8. The van der Waals surface area contributed by atoms with Crippen LogP contribution in [0, 0.1) is 0 Å². The van der Waals surface area contributed by atoms with Crippen LogP contribution in [0.2, 0.25) is 5.02 Å². The van der Waals surface area contributed by atoms with E-state index in [1.54, 1.807) is 0 Å². The van der Waals surface area contributed by atoms with Gasteiger partial charge < -0.3 is 9.80 Å². The van der Waals surface area contributed by atoms with E-state index in [4.69, 9.17) is 11.6 Å². The van der Waals surface area contributed by atoms with Crippen LogP contribution in [-0.2, 0) is 21.7 Å². The Labute approximate surface area is 413 Å². The normalized spacial score (nSPS) is 16.4. The summed E-state index contributed by atoms with van der Waals surface area (Å²) in [6.45, 7) is 27.2. The van der Waals surface area contributed by atoms with Gasteiger partial charge >= 0.3 is 0 Å². The molecule has 8 aromatic carbocycles. The smallest absolute Gasteiger partial charge is 0.0497 e. The molecule has 0 heterocycles. The lowest BCUT2D eigenvalue weighted by Gasteiger charge is -2.32. The third-order valence-electron chi connectivity index (χ3n) is 16.5. The Balaban J connectivity index is 1.08. The molecule has 0 unspecified atom stereocenters. The van der Waals surface area contributed by atoms with Crippen LogP contribution in [0.25, 0.3) is 39.0 Å². The molecular weight excluding hydrogens is 856 g/mol. The Morgan fingerprint density at radius 1 is 0.333 bits per heavy atom. The molecule has 0 fully saturated rings. The number of hydrogen-bond donors (Lipinski definition) is 0. The number of halogens is 1. The Bertz CT molecular complexity index is 3470. The minimum Gasteiger partial charge on any atom is -0.310 e. The van der Waals surface area contributed by atoms with Crippen molar-refractivity contribution in [2.75, 3.05) is 9.80 Å². The predicted molar refractivity (Wildman–Crippen MR) is 294 cm³/mol. The molecule has 0 saturated carbocycles. The summed E-state index contributed by atoms with van der Waals surface area (Å²) < 4.78 is 0. The van der Waals surface area contributed by atoms with E-state index in [0.29, 0.717) is 5.02 Å². The largest absolute Gasteiger partial charge is 0.310 e. The standard InChI is InChI=1S/C66H57ClN2/c1-11-47-51-29-25-41(36-59(51)63(3,4)55(47)12-2)68(42-26-30-52-48-19-13-16-22-56(48)64(5,6)60(52)37-42)45-33-40(67)34-46(35-45)69(43-27-31-53-49-20-14-17-23-57(49)65(7,8)61(53)38-43)44-28-32-54-50-21-15-18-24-58(50)66(9,10)62(54)39-44/h11-39H,1-2H2,3-10H3. The molecule has 69 heavy (non-hydrogen) atoms. The van der Waals surface area contributed by atoms with E-state index < -0.39 is 0 Å². The van der Waals surface area contributed by atoms with E-state index in [0.717, 1.165) is 39.7 Å². The Hall–Kier alpha value is -7.13. The Morgan fingerprint density at radius 3 is 1.00 bits per heavy atom. The topological polar surface area (TPSA) is 6.48 Å². The van der Waals surface area contributed by atoms with Gasteiger partial charge in [0.25, 0.3) is 0 Å². The minimum atomic E-state index is -0.276. The summed E-state index contributed by atoms with van der Waals surface area (Å²) in [5.74, 6) is 0. The van der Waals surface area contributed by atoms with Gasteiger partial charge in [-0.05, 0) is 156 Å². The quantitative estimate of drug-likeness (QED) is 0.150. The van der Waals surface area contributed by atoms with Gasteiger partial charge in [-0.15, -0.1) is 0 Å². The molecule has 338 valence electrons. The highest BCUT2D eigenvalue weighted by Crippen LogP contribution is 2.56. The number of fused-ring (bicyclic) bond motifs is 10. The van der Waals surface area contributed by atoms with Gasteiger partial charge in [-0.25, -0.2) is 0 Å². The SMILES string of the molecule is C=CC1=C(C=C)C(C)(C)c2cc(N(c3cc(Cl)cc(N(c4ccc5c(c4)C(C)(C)c4ccccc4-5)c4ccc5c(c4)C(C)(C)c4ccccc4-5)c3)c3ccc4c(c3)C(C)(C)c3ccccc3-4)ccc21. The predicted octanol–water partition coefficient (Wildman–Crippen LogP) is 18.6. The van der Waals surface area contributed by atoms with Crippen LogP contribution in [0.15, 0.2) is 195 Å². The number of benzene rings is 8. The summed E-state index contributed by atoms with van der Waals surface area (Å²) >= 11 is 7.52. The molecule has 0 amide bonds. The maximum atomic E-state index is 7.52. The van der Waals surface area contributed by atoms with Gasteiger partial charge in [0, 0.05) is 60.8 Å². The highest BCUT2D eigenvalue weighted by atomic mass is 35.5. The van der Waals surface area contributed by atoms with Crippen molar-refractivity contribution in [1.29, 1.82) is 0 Å². The van der Waals surface area contributed by atoms with Gasteiger partial charge in [-0.1, -0.05) is 189 Å². The number of nitrogens with zero attached hydrogens (tertiary/aromatic N) is 2. The van der Waals surface area contributed by atoms with Crippen molar-refractivity contribution < 1.29 is 0 Å². The van der Waals surface area contributed by atoms with Gasteiger partial charge in [0.15, 0.2) is 0 Å². The fourth-order valence-corrected chi connectivity index (χ4v) is 13.1. The molecule has 12 rings (SSSR count). The van der Waals surface area contributed by atoms with Gasteiger partial charge in [-0.2, -0.15) is 0 Å². The lowest BCUT2D eigenvalue weighted by atomic mass is 9.81. The minimum absolute atomic E-state index is 0.181. The van der Waals surface area contributed by atoms with Crippen molar-refractivity contribution >= 4 is 51.3 Å². The van der Waals surface area contributed by atoms with Crippen LogP contribution in [0.4, 0.5) is 34.1 Å². The molecule has 0 aromatic heterocycles. The van der Waals surface area contributed by atoms with Crippen LogP contribution < -0.4 is 9.80 Å². The van der Waals surface area contributed by atoms with Crippen molar-refractivity contribution in [2.24, 2.45) is 0 Å². The second-order valence-corrected chi connectivity index (χ2v) is 22.1. The van der Waals surface area contributed by atoms with Gasteiger partial charge in [0.05, 0.1) is 0 Å². The molecule has 4 aliphatic carbocycles. The van der Waals surface area contributed by atoms with Crippen LogP contribution in [-0.4, -0.2) is 0 Å². The molecule has 0 bridgehead atoms. The van der Waals surface area contributed by atoms with Crippen molar-refractivity contribution in [1.82, 2.24) is 0 Å². The molecule has 0 N–H and O–H groups in total. The number of anilines is 6. The van der Waals surface area contributed by atoms with E-state index in [2.05, 4.69) is 242 Å². The lowest BCUT2D eigenvalue weighted by molar-refractivity contribution is 0.654. The third kappa shape index (κ3) is 6.11. The Kier molecular flexibility index (Phi) is 9.34. The number of hydrogen-bond acceptors (Lipinski definition) is 2. The number of rotatable bonds is 8. The molecule has 3 heteroatoms. The monoisotopic (exact) mass is 912 g/mol.